The molecule has 5 heteroatoms. The Balaban J connectivity index is 2.73. The summed E-state index contributed by atoms with van der Waals surface area (Å²) in [6.07, 6.45) is 1.24. The van der Waals surface area contributed by atoms with Gasteiger partial charge in [0.1, 0.15) is 15.6 Å². The molecule has 0 bridgehead atoms. The molecule has 1 aromatic rings. The Morgan fingerprint density at radius 3 is 2.59 bits per heavy atom. The molecule has 0 saturated heterocycles. The molecule has 0 aliphatic heterocycles. The average Bonchev–Trinajstić information content (AvgIpc) is 2.18. The van der Waals surface area contributed by atoms with Crippen LogP contribution in [0.2, 0.25) is 0 Å². The summed E-state index contributed by atoms with van der Waals surface area (Å²) in [4.78, 5) is 0. The predicted octanol–water partition coefficient (Wildman–Crippen LogP) is 1.93. The van der Waals surface area contributed by atoms with Crippen LogP contribution >= 0.6 is 0 Å². The van der Waals surface area contributed by atoms with Gasteiger partial charge in [0.2, 0.25) is 0 Å². The highest BCUT2D eigenvalue weighted by atomic mass is 32.2. The molecule has 96 valence electrons. The van der Waals surface area contributed by atoms with E-state index in [0.717, 1.165) is 11.4 Å². The maximum absolute atomic E-state index is 11.2. The highest BCUT2D eigenvalue weighted by Crippen LogP contribution is 2.24. The fraction of sp³-hybridized carbons (Fsp3) is 0.500. The van der Waals surface area contributed by atoms with Gasteiger partial charge < -0.3 is 10.1 Å². The molecule has 1 unspecified atom stereocenters. The van der Waals surface area contributed by atoms with Crippen molar-refractivity contribution in [2.24, 2.45) is 0 Å². The molecule has 17 heavy (non-hydrogen) atoms. The third kappa shape index (κ3) is 5.08. The third-order valence-corrected chi connectivity index (χ3v) is 3.25. The van der Waals surface area contributed by atoms with Crippen LogP contribution in [0.4, 0.5) is 5.69 Å². The van der Waals surface area contributed by atoms with E-state index in [-0.39, 0.29) is 11.8 Å². The zero-order valence-electron chi connectivity index (χ0n) is 10.4. The van der Waals surface area contributed by atoms with Crippen LogP contribution in [0.3, 0.4) is 0 Å². The summed E-state index contributed by atoms with van der Waals surface area (Å²) in [5, 5.41) is 3.15. The van der Waals surface area contributed by atoms with Crippen LogP contribution in [-0.2, 0) is 9.84 Å². The number of para-hydroxylation sites is 2. The zero-order chi connectivity index (χ0) is 12.9. The standard InChI is InChI=1S/C12H19NO3S/c1-4-16-12-8-6-5-7-11(12)13-10(2)9-17(3,14)15/h5-8,10,13H,4,9H2,1-3H3. The second-order valence-corrected chi connectivity index (χ2v) is 6.25. The summed E-state index contributed by atoms with van der Waals surface area (Å²) in [5.74, 6) is 0.850. The van der Waals surface area contributed by atoms with E-state index in [2.05, 4.69) is 5.32 Å². The average molecular weight is 257 g/mol. The molecule has 4 nitrogen and oxygen atoms in total. The number of sulfone groups is 1. The first kappa shape index (κ1) is 13.8. The van der Waals surface area contributed by atoms with E-state index in [1.165, 1.54) is 6.26 Å². The minimum absolute atomic E-state index is 0.105. The molecule has 1 atom stereocenters. The lowest BCUT2D eigenvalue weighted by molar-refractivity contribution is 0.341. The van der Waals surface area contributed by atoms with Crippen molar-refractivity contribution in [1.82, 2.24) is 0 Å². The molecule has 0 aliphatic carbocycles. The zero-order valence-corrected chi connectivity index (χ0v) is 11.3. The lowest BCUT2D eigenvalue weighted by Crippen LogP contribution is -2.25. The Labute approximate surface area is 103 Å². The molecular weight excluding hydrogens is 238 g/mol. The summed E-state index contributed by atoms with van der Waals surface area (Å²) in [6.45, 7) is 4.33. The van der Waals surface area contributed by atoms with Crippen LogP contribution < -0.4 is 10.1 Å². The normalized spacial score (nSPS) is 13.1. The largest absolute Gasteiger partial charge is 0.492 e. The number of hydrogen-bond donors (Lipinski definition) is 1. The van der Waals surface area contributed by atoms with Gasteiger partial charge in [-0.05, 0) is 26.0 Å². The lowest BCUT2D eigenvalue weighted by Gasteiger charge is -2.17. The number of hydrogen-bond acceptors (Lipinski definition) is 4. The monoisotopic (exact) mass is 257 g/mol. The highest BCUT2D eigenvalue weighted by Gasteiger charge is 2.12. The third-order valence-electron chi connectivity index (χ3n) is 2.14. The van der Waals surface area contributed by atoms with E-state index >= 15 is 0 Å². The van der Waals surface area contributed by atoms with E-state index in [9.17, 15) is 8.42 Å². The van der Waals surface area contributed by atoms with E-state index in [4.69, 9.17) is 4.74 Å². The van der Waals surface area contributed by atoms with Crippen molar-refractivity contribution >= 4 is 15.5 Å². The van der Waals surface area contributed by atoms with E-state index < -0.39 is 9.84 Å². The molecule has 0 heterocycles. The topological polar surface area (TPSA) is 55.4 Å². The first-order valence-electron chi connectivity index (χ1n) is 5.58. The fourth-order valence-electron chi connectivity index (χ4n) is 1.63. The Morgan fingerprint density at radius 2 is 2.00 bits per heavy atom. The van der Waals surface area contributed by atoms with Crippen molar-refractivity contribution in [2.75, 3.05) is 23.9 Å². The number of anilines is 1. The van der Waals surface area contributed by atoms with Crippen molar-refractivity contribution in [3.05, 3.63) is 24.3 Å². The van der Waals surface area contributed by atoms with Crippen LogP contribution in [0.1, 0.15) is 13.8 Å². The highest BCUT2D eigenvalue weighted by molar-refractivity contribution is 7.90. The Hall–Kier alpha value is -1.23. The van der Waals surface area contributed by atoms with Crippen molar-refractivity contribution in [3.8, 4) is 5.75 Å². The lowest BCUT2D eigenvalue weighted by atomic mass is 10.2. The van der Waals surface area contributed by atoms with Crippen molar-refractivity contribution in [3.63, 3.8) is 0 Å². The van der Waals surface area contributed by atoms with Gasteiger partial charge in [0, 0.05) is 12.3 Å². The fourth-order valence-corrected chi connectivity index (χ4v) is 2.62. The quantitative estimate of drug-likeness (QED) is 0.846. The second-order valence-electron chi connectivity index (χ2n) is 4.07. The van der Waals surface area contributed by atoms with Crippen LogP contribution in [-0.4, -0.2) is 33.1 Å². The van der Waals surface area contributed by atoms with Gasteiger partial charge in [-0.1, -0.05) is 12.1 Å². The number of ether oxygens (including phenoxy) is 1. The van der Waals surface area contributed by atoms with Gasteiger partial charge in [-0.15, -0.1) is 0 Å². The van der Waals surface area contributed by atoms with E-state index in [1.807, 2.05) is 38.1 Å². The van der Waals surface area contributed by atoms with Crippen LogP contribution in [0.5, 0.6) is 5.75 Å². The molecule has 0 fully saturated rings. The first-order valence-corrected chi connectivity index (χ1v) is 7.64. The SMILES string of the molecule is CCOc1ccccc1NC(C)CS(C)(=O)=O. The number of benzene rings is 1. The van der Waals surface area contributed by atoms with Crippen LogP contribution in [0.15, 0.2) is 24.3 Å². The van der Waals surface area contributed by atoms with Crippen LogP contribution in [0.25, 0.3) is 0 Å². The van der Waals surface area contributed by atoms with Crippen molar-refractivity contribution in [1.29, 1.82) is 0 Å². The van der Waals surface area contributed by atoms with Gasteiger partial charge in [0.05, 0.1) is 18.0 Å². The maximum atomic E-state index is 11.2. The summed E-state index contributed by atoms with van der Waals surface area (Å²) in [6, 6.07) is 7.37. The Kier molecular flexibility index (Phi) is 4.81. The molecule has 1 N–H and O–H groups in total. The summed E-state index contributed by atoms with van der Waals surface area (Å²) in [5.41, 5.74) is 0.825. The smallest absolute Gasteiger partial charge is 0.149 e. The minimum atomic E-state index is -2.97. The van der Waals surface area contributed by atoms with Gasteiger partial charge in [-0.25, -0.2) is 8.42 Å². The van der Waals surface area contributed by atoms with Crippen molar-refractivity contribution < 1.29 is 13.2 Å². The molecule has 0 aromatic heterocycles. The summed E-state index contributed by atoms with van der Waals surface area (Å²) >= 11 is 0. The van der Waals surface area contributed by atoms with Gasteiger partial charge >= 0.3 is 0 Å². The summed E-state index contributed by atoms with van der Waals surface area (Å²) < 4.78 is 27.8. The number of rotatable bonds is 6. The predicted molar refractivity (Wildman–Crippen MR) is 70.4 cm³/mol. The van der Waals surface area contributed by atoms with Gasteiger partial charge in [-0.2, -0.15) is 0 Å². The maximum Gasteiger partial charge on any atom is 0.149 e. The molecule has 0 aliphatic rings. The Morgan fingerprint density at radius 1 is 1.35 bits per heavy atom. The van der Waals surface area contributed by atoms with Gasteiger partial charge in [0.15, 0.2) is 0 Å². The molecule has 0 spiro atoms. The Bertz CT molecular complexity index is 457. The minimum Gasteiger partial charge on any atom is -0.492 e. The first-order chi connectivity index (χ1) is 7.92. The second kappa shape index (κ2) is 5.91. The molecule has 0 radical (unpaired) electrons. The molecule has 1 rings (SSSR count). The van der Waals surface area contributed by atoms with Gasteiger partial charge in [-0.3, -0.25) is 0 Å². The number of nitrogens with one attached hydrogen (secondary N) is 1. The van der Waals surface area contributed by atoms with E-state index in [1.54, 1.807) is 0 Å². The van der Waals surface area contributed by atoms with E-state index in [0.29, 0.717) is 6.61 Å². The van der Waals surface area contributed by atoms with Crippen molar-refractivity contribution in [2.45, 2.75) is 19.9 Å². The van der Waals surface area contributed by atoms with Crippen LogP contribution in [0, 0.1) is 0 Å². The molecule has 0 amide bonds. The molecule has 0 saturated carbocycles. The molecule has 1 aromatic carbocycles. The molecular formula is C12H19NO3S. The van der Waals surface area contributed by atoms with Gasteiger partial charge in [0.25, 0.3) is 0 Å². The summed E-state index contributed by atoms with van der Waals surface area (Å²) in [7, 11) is -2.97.